The van der Waals surface area contributed by atoms with Crippen molar-refractivity contribution in [2.75, 3.05) is 18.6 Å². The Kier molecular flexibility index (Phi) is 7.88. The Hall–Kier alpha value is -0.220. The highest BCUT2D eigenvalue weighted by Gasteiger charge is 2.29. The summed E-state index contributed by atoms with van der Waals surface area (Å²) in [5.41, 5.74) is -0.333. The molecule has 0 aromatic carbocycles. The van der Waals surface area contributed by atoms with Crippen LogP contribution in [0.2, 0.25) is 0 Å². The SMILES string of the molecule is CSCC(CCO)NC(=O)C(C)(C)CC(C)C. The molecular weight excluding hydrogens is 234 g/mol. The van der Waals surface area contributed by atoms with Crippen molar-refractivity contribution in [3.63, 3.8) is 0 Å². The second kappa shape index (κ2) is 7.98. The van der Waals surface area contributed by atoms with Crippen molar-refractivity contribution >= 4 is 17.7 Å². The van der Waals surface area contributed by atoms with Crippen LogP contribution in [-0.2, 0) is 4.79 Å². The number of aliphatic hydroxyl groups is 1. The van der Waals surface area contributed by atoms with E-state index in [4.69, 9.17) is 5.11 Å². The molecule has 0 fully saturated rings. The predicted octanol–water partition coefficient (Wildman–Crippen LogP) is 2.29. The lowest BCUT2D eigenvalue weighted by Crippen LogP contribution is -2.45. The number of carbonyl (C=O) groups excluding carboxylic acids is 1. The van der Waals surface area contributed by atoms with Crippen LogP contribution in [0.25, 0.3) is 0 Å². The number of amides is 1. The molecular formula is C13H27NO2S. The minimum atomic E-state index is -0.333. The maximum atomic E-state index is 12.2. The van der Waals surface area contributed by atoms with Crippen LogP contribution in [0.5, 0.6) is 0 Å². The topological polar surface area (TPSA) is 49.3 Å². The van der Waals surface area contributed by atoms with Crippen LogP contribution in [0, 0.1) is 11.3 Å². The maximum absolute atomic E-state index is 12.2. The monoisotopic (exact) mass is 261 g/mol. The van der Waals surface area contributed by atoms with E-state index in [0.29, 0.717) is 12.3 Å². The molecule has 102 valence electrons. The summed E-state index contributed by atoms with van der Waals surface area (Å²) in [5, 5.41) is 12.0. The third kappa shape index (κ3) is 6.94. The Morgan fingerprint density at radius 2 is 2.00 bits per heavy atom. The second-order valence-corrected chi connectivity index (χ2v) is 6.53. The highest BCUT2D eigenvalue weighted by atomic mass is 32.2. The summed E-state index contributed by atoms with van der Waals surface area (Å²) < 4.78 is 0. The molecule has 0 saturated heterocycles. The average Bonchev–Trinajstić information content (AvgIpc) is 2.16. The van der Waals surface area contributed by atoms with Gasteiger partial charge in [0.1, 0.15) is 0 Å². The molecule has 0 aliphatic rings. The van der Waals surface area contributed by atoms with Crippen LogP contribution in [0.15, 0.2) is 0 Å². The number of hydrogen-bond donors (Lipinski definition) is 2. The van der Waals surface area contributed by atoms with Gasteiger partial charge < -0.3 is 10.4 Å². The van der Waals surface area contributed by atoms with Gasteiger partial charge in [-0.2, -0.15) is 11.8 Å². The summed E-state index contributed by atoms with van der Waals surface area (Å²) in [4.78, 5) is 12.2. The number of rotatable bonds is 8. The molecule has 0 aromatic heterocycles. The van der Waals surface area contributed by atoms with Gasteiger partial charge in [-0.25, -0.2) is 0 Å². The van der Waals surface area contributed by atoms with Crippen LogP contribution in [0.4, 0.5) is 0 Å². The summed E-state index contributed by atoms with van der Waals surface area (Å²) in [7, 11) is 0. The van der Waals surface area contributed by atoms with E-state index in [1.165, 1.54) is 0 Å². The Bertz CT molecular complexity index is 223. The summed E-state index contributed by atoms with van der Waals surface area (Å²) in [6.07, 6.45) is 3.52. The maximum Gasteiger partial charge on any atom is 0.225 e. The van der Waals surface area contributed by atoms with Crippen LogP contribution >= 0.6 is 11.8 Å². The minimum Gasteiger partial charge on any atom is -0.396 e. The summed E-state index contributed by atoms with van der Waals surface area (Å²) in [6, 6.07) is 0.0777. The van der Waals surface area contributed by atoms with Gasteiger partial charge in [-0.3, -0.25) is 4.79 Å². The van der Waals surface area contributed by atoms with Crippen molar-refractivity contribution in [1.29, 1.82) is 0 Å². The van der Waals surface area contributed by atoms with Crippen LogP contribution in [-0.4, -0.2) is 35.7 Å². The first-order chi connectivity index (χ1) is 7.83. The fourth-order valence-corrected chi connectivity index (χ4v) is 2.70. The molecule has 2 N–H and O–H groups in total. The van der Waals surface area contributed by atoms with Gasteiger partial charge in [0.2, 0.25) is 5.91 Å². The zero-order valence-electron chi connectivity index (χ0n) is 11.7. The standard InChI is InChI=1S/C13H27NO2S/c1-10(2)8-13(3,4)12(16)14-11(6-7-15)9-17-5/h10-11,15H,6-9H2,1-5H3,(H,14,16). The van der Waals surface area contributed by atoms with Gasteiger partial charge in [-0.15, -0.1) is 0 Å². The highest BCUT2D eigenvalue weighted by Crippen LogP contribution is 2.25. The highest BCUT2D eigenvalue weighted by molar-refractivity contribution is 7.98. The Morgan fingerprint density at radius 1 is 1.41 bits per heavy atom. The molecule has 0 rings (SSSR count). The molecule has 0 spiro atoms. The van der Waals surface area contributed by atoms with E-state index >= 15 is 0 Å². The predicted molar refractivity (Wildman–Crippen MR) is 75.3 cm³/mol. The van der Waals surface area contributed by atoms with Crippen molar-refractivity contribution in [3.8, 4) is 0 Å². The number of aliphatic hydroxyl groups excluding tert-OH is 1. The van der Waals surface area contributed by atoms with Crippen molar-refractivity contribution < 1.29 is 9.90 Å². The van der Waals surface area contributed by atoms with Crippen LogP contribution in [0.1, 0.15) is 40.5 Å². The van der Waals surface area contributed by atoms with E-state index in [1.807, 2.05) is 20.1 Å². The molecule has 1 amide bonds. The van der Waals surface area contributed by atoms with E-state index in [2.05, 4.69) is 19.2 Å². The van der Waals surface area contributed by atoms with Crippen molar-refractivity contribution in [2.24, 2.45) is 11.3 Å². The van der Waals surface area contributed by atoms with E-state index in [0.717, 1.165) is 12.2 Å². The number of thioether (sulfide) groups is 1. The van der Waals surface area contributed by atoms with Crippen LogP contribution < -0.4 is 5.32 Å². The van der Waals surface area contributed by atoms with Gasteiger partial charge in [0.05, 0.1) is 0 Å². The van der Waals surface area contributed by atoms with E-state index in [1.54, 1.807) is 11.8 Å². The van der Waals surface area contributed by atoms with Crippen molar-refractivity contribution in [2.45, 2.75) is 46.6 Å². The van der Waals surface area contributed by atoms with Gasteiger partial charge in [-0.1, -0.05) is 27.7 Å². The van der Waals surface area contributed by atoms with E-state index < -0.39 is 0 Å². The first-order valence-electron chi connectivity index (χ1n) is 6.24. The van der Waals surface area contributed by atoms with Gasteiger partial charge in [-0.05, 0) is 25.0 Å². The summed E-state index contributed by atoms with van der Waals surface area (Å²) >= 11 is 1.69. The first kappa shape index (κ1) is 16.8. The molecule has 1 unspecified atom stereocenters. The average molecular weight is 261 g/mol. The Morgan fingerprint density at radius 3 is 2.41 bits per heavy atom. The molecule has 0 saturated carbocycles. The molecule has 3 nitrogen and oxygen atoms in total. The van der Waals surface area contributed by atoms with Gasteiger partial charge in [0.15, 0.2) is 0 Å². The van der Waals surface area contributed by atoms with Gasteiger partial charge >= 0.3 is 0 Å². The quantitative estimate of drug-likeness (QED) is 0.705. The fourth-order valence-electron chi connectivity index (χ4n) is 2.05. The van der Waals surface area contributed by atoms with E-state index in [-0.39, 0.29) is 24.0 Å². The lowest BCUT2D eigenvalue weighted by atomic mass is 9.83. The summed E-state index contributed by atoms with van der Waals surface area (Å²) in [5.74, 6) is 1.45. The zero-order chi connectivity index (χ0) is 13.5. The number of carbonyl (C=O) groups is 1. The number of nitrogens with one attached hydrogen (secondary N) is 1. The minimum absolute atomic E-state index is 0.0777. The van der Waals surface area contributed by atoms with Crippen molar-refractivity contribution in [3.05, 3.63) is 0 Å². The second-order valence-electron chi connectivity index (χ2n) is 5.62. The molecule has 0 heterocycles. The van der Waals surface area contributed by atoms with Gasteiger partial charge in [0, 0.05) is 23.8 Å². The molecule has 0 bridgehead atoms. The third-order valence-electron chi connectivity index (χ3n) is 2.71. The molecule has 0 aromatic rings. The third-order valence-corrected chi connectivity index (χ3v) is 3.45. The number of hydrogen-bond acceptors (Lipinski definition) is 3. The normalized spacial score (nSPS) is 13.8. The molecule has 17 heavy (non-hydrogen) atoms. The van der Waals surface area contributed by atoms with Crippen molar-refractivity contribution in [1.82, 2.24) is 5.32 Å². The Balaban J connectivity index is 4.37. The fraction of sp³-hybridized carbons (Fsp3) is 0.923. The van der Waals surface area contributed by atoms with E-state index in [9.17, 15) is 4.79 Å². The zero-order valence-corrected chi connectivity index (χ0v) is 12.6. The smallest absolute Gasteiger partial charge is 0.225 e. The molecule has 4 heteroatoms. The molecule has 0 aliphatic heterocycles. The largest absolute Gasteiger partial charge is 0.396 e. The van der Waals surface area contributed by atoms with Crippen LogP contribution in [0.3, 0.4) is 0 Å². The molecule has 1 atom stereocenters. The molecule has 0 radical (unpaired) electrons. The Labute approximate surface area is 110 Å². The molecule has 0 aliphatic carbocycles. The lowest BCUT2D eigenvalue weighted by Gasteiger charge is -2.28. The lowest BCUT2D eigenvalue weighted by molar-refractivity contribution is -0.130. The van der Waals surface area contributed by atoms with Gasteiger partial charge in [0.25, 0.3) is 0 Å². The first-order valence-corrected chi connectivity index (χ1v) is 7.63. The summed E-state index contributed by atoms with van der Waals surface area (Å²) in [6.45, 7) is 8.34.